The number of H-pyrrole nitrogens is 1. The zero-order valence-electron chi connectivity index (χ0n) is 22.3. The molecule has 8 nitrogen and oxygen atoms in total. The van der Waals surface area contributed by atoms with E-state index in [0.717, 1.165) is 49.2 Å². The third-order valence-electron chi connectivity index (χ3n) is 7.48. The number of anilines is 1. The minimum absolute atomic E-state index is 0.0664. The van der Waals surface area contributed by atoms with Crippen LogP contribution in [-0.4, -0.2) is 58.3 Å². The Hall–Kier alpha value is -3.10. The van der Waals surface area contributed by atoms with E-state index in [1.807, 2.05) is 19.9 Å². The van der Waals surface area contributed by atoms with Crippen molar-refractivity contribution in [1.82, 2.24) is 25.0 Å². The Labute approximate surface area is 223 Å². The fourth-order valence-electron chi connectivity index (χ4n) is 5.44. The number of halogens is 1. The second-order valence-corrected chi connectivity index (χ2v) is 10.5. The number of hydrogen-bond acceptors (Lipinski definition) is 5. The number of pyridine rings is 1. The molecule has 0 spiro atoms. The van der Waals surface area contributed by atoms with Gasteiger partial charge in [0.05, 0.1) is 12.1 Å². The highest BCUT2D eigenvalue weighted by atomic mass is 35.5. The molecule has 0 radical (unpaired) electrons. The summed E-state index contributed by atoms with van der Waals surface area (Å²) in [5.41, 5.74) is 3.42. The lowest BCUT2D eigenvalue weighted by atomic mass is 9.89. The predicted octanol–water partition coefficient (Wildman–Crippen LogP) is 4.46. The van der Waals surface area contributed by atoms with Gasteiger partial charge in [0.2, 0.25) is 0 Å². The van der Waals surface area contributed by atoms with Crippen LogP contribution in [0.1, 0.15) is 59.8 Å². The molecule has 1 fully saturated rings. The Morgan fingerprint density at radius 3 is 2.49 bits per heavy atom. The molecule has 2 heterocycles. The fraction of sp³-hybridized carbons (Fsp3) is 0.464. The molecule has 1 aliphatic rings. The first-order chi connectivity index (χ1) is 17.7. The van der Waals surface area contributed by atoms with Gasteiger partial charge in [0.15, 0.2) is 5.43 Å². The van der Waals surface area contributed by atoms with Gasteiger partial charge >= 0.3 is 0 Å². The van der Waals surface area contributed by atoms with Crippen molar-refractivity contribution < 1.29 is 4.79 Å². The van der Waals surface area contributed by atoms with Crippen LogP contribution in [0.15, 0.2) is 41.5 Å². The Morgan fingerprint density at radius 1 is 1.16 bits per heavy atom. The van der Waals surface area contributed by atoms with Gasteiger partial charge in [0.1, 0.15) is 5.82 Å². The number of carbonyl (C=O) groups excluding carboxylic acids is 1. The molecule has 4 rings (SSSR count). The molecule has 0 bridgehead atoms. The highest BCUT2D eigenvalue weighted by Gasteiger charge is 2.28. The zero-order chi connectivity index (χ0) is 26.7. The Bertz CT molecular complexity index is 1290. The van der Waals surface area contributed by atoms with E-state index in [9.17, 15) is 9.59 Å². The highest BCUT2D eigenvalue weighted by molar-refractivity contribution is 6.31. The summed E-state index contributed by atoms with van der Waals surface area (Å²) in [6.07, 6.45) is 7.93. The Morgan fingerprint density at radius 2 is 1.86 bits per heavy atom. The van der Waals surface area contributed by atoms with Crippen molar-refractivity contribution in [3.05, 3.63) is 74.3 Å². The number of rotatable bonds is 8. The molecular weight excluding hydrogens is 488 g/mol. The first kappa shape index (κ1) is 26.9. The van der Waals surface area contributed by atoms with Crippen molar-refractivity contribution in [2.24, 2.45) is 0 Å². The van der Waals surface area contributed by atoms with Gasteiger partial charge in [0.25, 0.3) is 5.91 Å². The van der Waals surface area contributed by atoms with Gasteiger partial charge in [0, 0.05) is 59.1 Å². The minimum Gasteiger partial charge on any atom is -0.369 e. The molecule has 1 amide bonds. The maximum Gasteiger partial charge on any atom is 0.251 e. The minimum atomic E-state index is -0.264. The Balaban J connectivity index is 1.57. The van der Waals surface area contributed by atoms with E-state index in [-0.39, 0.29) is 17.9 Å². The number of aryl methyl sites for hydroxylation is 1. The number of nitrogens with zero attached hydrogens (tertiary/aromatic N) is 4. The summed E-state index contributed by atoms with van der Waals surface area (Å²) < 4.78 is 1.60. The van der Waals surface area contributed by atoms with Crippen LogP contribution in [0.3, 0.4) is 0 Å². The molecule has 1 aromatic carbocycles. The Kier molecular flexibility index (Phi) is 8.39. The van der Waals surface area contributed by atoms with Crippen molar-refractivity contribution in [2.45, 2.75) is 65.1 Å². The fourth-order valence-corrected chi connectivity index (χ4v) is 5.65. The lowest BCUT2D eigenvalue weighted by Crippen LogP contribution is -2.42. The van der Waals surface area contributed by atoms with Crippen LogP contribution in [0.25, 0.3) is 5.82 Å². The van der Waals surface area contributed by atoms with Crippen LogP contribution in [0.4, 0.5) is 5.69 Å². The van der Waals surface area contributed by atoms with E-state index in [1.165, 1.54) is 6.07 Å². The molecule has 3 aromatic rings. The van der Waals surface area contributed by atoms with Crippen LogP contribution in [0.5, 0.6) is 0 Å². The second kappa shape index (κ2) is 11.5. The van der Waals surface area contributed by atoms with E-state index in [1.54, 1.807) is 29.2 Å². The average Bonchev–Trinajstić information content (AvgIpc) is 3.40. The first-order valence-corrected chi connectivity index (χ1v) is 13.3. The van der Waals surface area contributed by atoms with Crippen molar-refractivity contribution >= 4 is 23.2 Å². The molecule has 1 saturated carbocycles. The summed E-state index contributed by atoms with van der Waals surface area (Å²) >= 11 is 6.54. The van der Waals surface area contributed by atoms with E-state index < -0.39 is 0 Å². The topological polar surface area (TPSA) is 86.3 Å². The van der Waals surface area contributed by atoms with Gasteiger partial charge in [-0.1, -0.05) is 11.6 Å². The number of aromatic nitrogens is 3. The maximum absolute atomic E-state index is 13.4. The van der Waals surface area contributed by atoms with Gasteiger partial charge in [-0.25, -0.2) is 4.68 Å². The normalized spacial score (nSPS) is 17.7. The zero-order valence-corrected chi connectivity index (χ0v) is 23.1. The van der Waals surface area contributed by atoms with Gasteiger partial charge in [-0.3, -0.25) is 9.59 Å². The lowest BCUT2D eigenvalue weighted by molar-refractivity contribution is 0.0950. The van der Waals surface area contributed by atoms with Crippen LogP contribution < -0.4 is 15.6 Å². The molecule has 9 heteroatoms. The summed E-state index contributed by atoms with van der Waals surface area (Å²) in [4.78, 5) is 34.1. The van der Waals surface area contributed by atoms with Gasteiger partial charge in [-0.2, -0.15) is 5.10 Å². The lowest BCUT2D eigenvalue weighted by Gasteiger charge is -2.40. The maximum atomic E-state index is 13.4. The van der Waals surface area contributed by atoms with Crippen molar-refractivity contribution in [1.29, 1.82) is 0 Å². The SMILES string of the molecule is CCN(c1cc(Cl)cc(C(=O)NCc2c(-n3cccn3)[nH]c(C)cc2=O)c1C)[C@H]1CC[C@H](N(C)C)CC1. The highest BCUT2D eigenvalue weighted by Crippen LogP contribution is 2.34. The number of benzene rings is 1. The summed E-state index contributed by atoms with van der Waals surface area (Å²) in [7, 11) is 4.30. The molecule has 0 saturated heterocycles. The molecule has 0 aliphatic heterocycles. The van der Waals surface area contributed by atoms with Crippen LogP contribution in [0.2, 0.25) is 5.02 Å². The summed E-state index contributed by atoms with van der Waals surface area (Å²) in [5, 5.41) is 7.72. The third kappa shape index (κ3) is 5.91. The van der Waals surface area contributed by atoms with E-state index >= 15 is 0 Å². The summed E-state index contributed by atoms with van der Waals surface area (Å²) in [6, 6.07) is 8.02. The molecule has 1 aliphatic carbocycles. The summed E-state index contributed by atoms with van der Waals surface area (Å²) in [6.45, 7) is 6.85. The monoisotopic (exact) mass is 524 g/mol. The summed E-state index contributed by atoms with van der Waals surface area (Å²) in [5.74, 6) is 0.282. The molecule has 198 valence electrons. The second-order valence-electron chi connectivity index (χ2n) is 10.1. The standard InChI is InChI=1S/C28H37ClN6O2/c1-6-34(22-10-8-21(9-11-22)33(4)5)25-16-20(29)15-23(19(25)3)28(37)30-17-24-26(36)14-18(2)32-27(24)35-13-7-12-31-35/h7,12-16,21-22H,6,8-11,17H2,1-5H3,(H,30,37)(H,32,36)/t21-,22-. The molecular formula is C28H37ClN6O2. The van der Waals surface area contributed by atoms with Gasteiger partial charge in [-0.15, -0.1) is 0 Å². The van der Waals surface area contributed by atoms with E-state index in [2.05, 4.69) is 46.2 Å². The molecule has 2 aromatic heterocycles. The van der Waals surface area contributed by atoms with Crippen LogP contribution in [0, 0.1) is 13.8 Å². The predicted molar refractivity (Wildman–Crippen MR) is 149 cm³/mol. The number of nitrogens with one attached hydrogen (secondary N) is 2. The molecule has 2 N–H and O–H groups in total. The molecule has 37 heavy (non-hydrogen) atoms. The number of carbonyl (C=O) groups is 1. The van der Waals surface area contributed by atoms with Crippen molar-refractivity contribution in [3.63, 3.8) is 0 Å². The van der Waals surface area contributed by atoms with Crippen LogP contribution >= 0.6 is 11.6 Å². The molecule has 0 unspecified atom stereocenters. The number of hydrogen-bond donors (Lipinski definition) is 2. The third-order valence-corrected chi connectivity index (χ3v) is 7.70. The quantitative estimate of drug-likeness (QED) is 0.454. The van der Waals surface area contributed by atoms with Crippen molar-refractivity contribution in [3.8, 4) is 5.82 Å². The van der Waals surface area contributed by atoms with Gasteiger partial charge < -0.3 is 20.1 Å². The van der Waals surface area contributed by atoms with E-state index in [0.29, 0.717) is 34.1 Å². The first-order valence-electron chi connectivity index (χ1n) is 12.9. The van der Waals surface area contributed by atoms with Crippen molar-refractivity contribution in [2.75, 3.05) is 25.5 Å². The largest absolute Gasteiger partial charge is 0.369 e. The van der Waals surface area contributed by atoms with Gasteiger partial charge in [-0.05, 0) is 84.3 Å². The average molecular weight is 525 g/mol. The smallest absolute Gasteiger partial charge is 0.251 e. The number of amides is 1. The molecule has 0 atom stereocenters. The van der Waals surface area contributed by atoms with E-state index in [4.69, 9.17) is 11.6 Å². The van der Waals surface area contributed by atoms with Crippen LogP contribution in [-0.2, 0) is 6.54 Å². The number of aromatic amines is 1.